The normalized spacial score (nSPS) is 12.2. The van der Waals surface area contributed by atoms with Gasteiger partial charge in [-0.1, -0.05) is 55.5 Å². The van der Waals surface area contributed by atoms with Crippen LogP contribution < -0.4 is 10.1 Å². The summed E-state index contributed by atoms with van der Waals surface area (Å²) in [7, 11) is 0. The lowest BCUT2D eigenvalue weighted by Crippen LogP contribution is -2.32. The molecule has 0 aliphatic heterocycles. The van der Waals surface area contributed by atoms with Gasteiger partial charge >= 0.3 is 0 Å². The number of nitrogens with zero attached hydrogens (tertiary/aromatic N) is 2. The number of rotatable bonds is 7. The zero-order valence-corrected chi connectivity index (χ0v) is 15.5. The lowest BCUT2D eigenvalue weighted by atomic mass is 10.2. The van der Waals surface area contributed by atoms with Crippen LogP contribution in [-0.4, -0.2) is 27.5 Å². The maximum atomic E-state index is 12.3. The molecule has 2 rings (SSSR count). The van der Waals surface area contributed by atoms with E-state index in [2.05, 4.69) is 29.4 Å². The van der Waals surface area contributed by atoms with E-state index in [1.165, 1.54) is 11.3 Å². The summed E-state index contributed by atoms with van der Waals surface area (Å²) in [4.78, 5) is 12.3. The molecular weight excluding hydrogens is 354 g/mol. The van der Waals surface area contributed by atoms with E-state index in [9.17, 15) is 4.79 Å². The summed E-state index contributed by atoms with van der Waals surface area (Å²) in [6.07, 6.45) is -0.0535. The van der Waals surface area contributed by atoms with E-state index in [4.69, 9.17) is 16.3 Å². The number of aromatic nitrogens is 2. The second-order valence-corrected chi connectivity index (χ2v) is 8.24. The van der Waals surface area contributed by atoms with Gasteiger partial charge in [0.1, 0.15) is 5.75 Å². The first kappa shape index (κ1) is 18.0. The monoisotopic (exact) mass is 371 g/mol. The predicted octanol–water partition coefficient (Wildman–Crippen LogP) is 4.49. The van der Waals surface area contributed by atoms with E-state index in [0.717, 1.165) is 4.34 Å². The first-order chi connectivity index (χ1) is 11.0. The fourth-order valence-electron chi connectivity index (χ4n) is 1.70. The van der Waals surface area contributed by atoms with Gasteiger partial charge in [-0.25, -0.2) is 0 Å². The van der Waals surface area contributed by atoms with E-state index in [1.807, 2.05) is 6.92 Å². The number of hydrogen-bond acceptors (Lipinski definition) is 6. The van der Waals surface area contributed by atoms with Crippen molar-refractivity contribution in [3.05, 3.63) is 29.3 Å². The minimum absolute atomic E-state index is 0.236. The molecule has 1 atom stereocenters. The average Bonchev–Trinajstić information content (AvgIpc) is 2.92. The highest BCUT2D eigenvalue weighted by Gasteiger charge is 2.20. The van der Waals surface area contributed by atoms with Crippen LogP contribution in [0.4, 0.5) is 5.13 Å². The minimum Gasteiger partial charge on any atom is -0.481 e. The van der Waals surface area contributed by atoms with Gasteiger partial charge in [-0.05, 0) is 30.7 Å². The van der Waals surface area contributed by atoms with Crippen molar-refractivity contribution < 1.29 is 9.53 Å². The van der Waals surface area contributed by atoms with Crippen LogP contribution in [0.2, 0.25) is 5.02 Å². The van der Waals surface area contributed by atoms with Gasteiger partial charge in [0.05, 0.1) is 0 Å². The molecule has 0 unspecified atom stereocenters. The lowest BCUT2D eigenvalue weighted by Gasteiger charge is -2.16. The first-order valence-electron chi connectivity index (χ1n) is 7.21. The van der Waals surface area contributed by atoms with Crippen LogP contribution in [0.1, 0.15) is 27.2 Å². The molecule has 0 saturated carbocycles. The summed E-state index contributed by atoms with van der Waals surface area (Å²) in [6, 6.07) is 6.92. The minimum atomic E-state index is -0.596. The van der Waals surface area contributed by atoms with Crippen LogP contribution in [0.5, 0.6) is 5.75 Å². The average molecular weight is 372 g/mol. The third-order valence-corrected chi connectivity index (χ3v) is 4.91. The Kier molecular flexibility index (Phi) is 6.68. The highest BCUT2D eigenvalue weighted by atomic mass is 35.5. The Morgan fingerprint density at radius 3 is 2.65 bits per heavy atom. The van der Waals surface area contributed by atoms with Crippen molar-refractivity contribution in [2.24, 2.45) is 0 Å². The van der Waals surface area contributed by atoms with Crippen molar-refractivity contribution in [2.75, 3.05) is 5.32 Å². The largest absolute Gasteiger partial charge is 0.481 e. The SMILES string of the molecule is CC[C@@H](Oc1ccc(Cl)cc1)C(=O)Nc1nnc(SC(C)C)s1. The standard InChI is InChI=1S/C15H18ClN3O2S2/c1-4-12(21-11-7-5-10(16)6-8-11)13(20)17-14-18-19-15(23-14)22-9(2)3/h5-9,12H,4H2,1-3H3,(H,17,18,20)/t12-/m1/s1. The van der Waals surface area contributed by atoms with Crippen molar-refractivity contribution in [1.29, 1.82) is 0 Å². The molecule has 1 amide bonds. The Hall–Kier alpha value is -1.31. The Balaban J connectivity index is 1.96. The molecule has 0 saturated heterocycles. The molecule has 23 heavy (non-hydrogen) atoms. The van der Waals surface area contributed by atoms with E-state index in [-0.39, 0.29) is 5.91 Å². The summed E-state index contributed by atoms with van der Waals surface area (Å²) < 4.78 is 6.54. The number of carbonyl (C=O) groups excluding carboxylic acids is 1. The summed E-state index contributed by atoms with van der Waals surface area (Å²) >= 11 is 8.82. The van der Waals surface area contributed by atoms with Gasteiger partial charge < -0.3 is 4.74 Å². The number of halogens is 1. The van der Waals surface area contributed by atoms with Gasteiger partial charge in [-0.3, -0.25) is 10.1 Å². The fourth-order valence-corrected chi connectivity index (χ4v) is 3.80. The van der Waals surface area contributed by atoms with Gasteiger partial charge in [-0.2, -0.15) is 0 Å². The summed E-state index contributed by atoms with van der Waals surface area (Å²) in [5.41, 5.74) is 0. The molecule has 2 aromatic rings. The van der Waals surface area contributed by atoms with Crippen LogP contribution in [0, 0.1) is 0 Å². The number of hydrogen-bond donors (Lipinski definition) is 1. The number of anilines is 1. The summed E-state index contributed by atoms with van der Waals surface area (Å²) in [6.45, 7) is 6.05. The molecule has 1 heterocycles. The van der Waals surface area contributed by atoms with Gasteiger partial charge in [-0.15, -0.1) is 10.2 Å². The Morgan fingerprint density at radius 2 is 2.04 bits per heavy atom. The zero-order valence-electron chi connectivity index (χ0n) is 13.1. The van der Waals surface area contributed by atoms with Gasteiger partial charge in [0.2, 0.25) is 5.13 Å². The number of thioether (sulfide) groups is 1. The number of nitrogens with one attached hydrogen (secondary N) is 1. The van der Waals surface area contributed by atoms with Gasteiger partial charge in [0.25, 0.3) is 5.91 Å². The quantitative estimate of drug-likeness (QED) is 0.574. The van der Waals surface area contributed by atoms with Gasteiger partial charge in [0.15, 0.2) is 10.4 Å². The molecule has 0 radical (unpaired) electrons. The van der Waals surface area contributed by atoms with Crippen molar-refractivity contribution >= 4 is 45.7 Å². The number of carbonyl (C=O) groups is 1. The summed E-state index contributed by atoms with van der Waals surface area (Å²) in [5.74, 6) is 0.365. The van der Waals surface area contributed by atoms with Crippen LogP contribution in [-0.2, 0) is 4.79 Å². The molecule has 1 aromatic heterocycles. The van der Waals surface area contributed by atoms with Crippen molar-refractivity contribution in [1.82, 2.24) is 10.2 Å². The topological polar surface area (TPSA) is 64.1 Å². The molecule has 0 aliphatic rings. The van der Waals surface area contributed by atoms with E-state index >= 15 is 0 Å². The van der Waals surface area contributed by atoms with Crippen LogP contribution in [0.3, 0.4) is 0 Å². The van der Waals surface area contributed by atoms with Gasteiger partial charge in [0, 0.05) is 10.3 Å². The van der Waals surface area contributed by atoms with Crippen molar-refractivity contribution in [2.45, 2.75) is 42.9 Å². The lowest BCUT2D eigenvalue weighted by molar-refractivity contribution is -0.122. The molecule has 8 heteroatoms. The second kappa shape index (κ2) is 8.52. The number of benzene rings is 1. The molecule has 0 aliphatic carbocycles. The summed E-state index contributed by atoms with van der Waals surface area (Å²) in [5, 5.41) is 12.3. The second-order valence-electron chi connectivity index (χ2n) is 5.00. The maximum Gasteiger partial charge on any atom is 0.267 e. The highest BCUT2D eigenvalue weighted by Crippen LogP contribution is 2.28. The Labute approximate surface area is 148 Å². The van der Waals surface area contributed by atoms with Crippen molar-refractivity contribution in [3.8, 4) is 5.75 Å². The molecular formula is C15H18ClN3O2S2. The number of ether oxygens (including phenoxy) is 1. The molecule has 0 fully saturated rings. The molecule has 124 valence electrons. The zero-order chi connectivity index (χ0) is 16.8. The molecule has 1 N–H and O–H groups in total. The van der Waals surface area contributed by atoms with Crippen molar-refractivity contribution in [3.63, 3.8) is 0 Å². The van der Waals surface area contributed by atoms with Crippen LogP contribution >= 0.6 is 34.7 Å². The van der Waals surface area contributed by atoms with E-state index in [0.29, 0.717) is 27.6 Å². The van der Waals surface area contributed by atoms with E-state index in [1.54, 1.807) is 36.0 Å². The predicted molar refractivity (Wildman–Crippen MR) is 95.7 cm³/mol. The third-order valence-electron chi connectivity index (χ3n) is 2.73. The fraction of sp³-hybridized carbons (Fsp3) is 0.400. The molecule has 5 nitrogen and oxygen atoms in total. The Bertz CT molecular complexity index is 646. The number of amides is 1. The molecule has 0 bridgehead atoms. The van der Waals surface area contributed by atoms with E-state index < -0.39 is 6.10 Å². The first-order valence-corrected chi connectivity index (χ1v) is 9.28. The molecule has 0 spiro atoms. The molecule has 1 aromatic carbocycles. The highest BCUT2D eigenvalue weighted by molar-refractivity contribution is 8.01. The Morgan fingerprint density at radius 1 is 1.35 bits per heavy atom. The van der Waals surface area contributed by atoms with Crippen LogP contribution in [0.25, 0.3) is 0 Å². The maximum absolute atomic E-state index is 12.3. The third kappa shape index (κ3) is 5.67. The smallest absolute Gasteiger partial charge is 0.267 e. The van der Waals surface area contributed by atoms with Crippen LogP contribution in [0.15, 0.2) is 28.6 Å².